The highest BCUT2D eigenvalue weighted by Gasteiger charge is 2.14. The lowest BCUT2D eigenvalue weighted by atomic mass is 10.1. The van der Waals surface area contributed by atoms with Crippen molar-refractivity contribution in [2.24, 2.45) is 0 Å². The van der Waals surface area contributed by atoms with Gasteiger partial charge in [-0.2, -0.15) is 0 Å². The molecule has 0 aromatic carbocycles. The lowest BCUT2D eigenvalue weighted by Gasteiger charge is -2.15. The molecule has 1 aliphatic carbocycles. The van der Waals surface area contributed by atoms with Gasteiger partial charge >= 0.3 is 0 Å². The van der Waals surface area contributed by atoms with Gasteiger partial charge in [-0.15, -0.1) is 0 Å². The molecular weight excluding hydrogens is 212 g/mol. The van der Waals surface area contributed by atoms with Crippen LogP contribution in [0, 0.1) is 0 Å². The standard InChI is InChI=1S/C11H15ClN2O/c12-10-7-11(14-8-13-10)15-9-5-3-1-2-4-6-9/h7-9H,1-6H2. The average molecular weight is 227 g/mol. The van der Waals surface area contributed by atoms with Crippen LogP contribution >= 0.6 is 11.6 Å². The van der Waals surface area contributed by atoms with Crippen molar-refractivity contribution in [1.29, 1.82) is 0 Å². The highest BCUT2D eigenvalue weighted by Crippen LogP contribution is 2.22. The first-order valence-corrected chi connectivity index (χ1v) is 5.86. The summed E-state index contributed by atoms with van der Waals surface area (Å²) in [7, 11) is 0. The van der Waals surface area contributed by atoms with Gasteiger partial charge in [0.25, 0.3) is 0 Å². The number of aromatic nitrogens is 2. The van der Waals surface area contributed by atoms with E-state index in [0.29, 0.717) is 17.1 Å². The Morgan fingerprint density at radius 1 is 1.13 bits per heavy atom. The van der Waals surface area contributed by atoms with Crippen LogP contribution < -0.4 is 4.74 Å². The zero-order chi connectivity index (χ0) is 10.5. The van der Waals surface area contributed by atoms with E-state index in [0.717, 1.165) is 12.8 Å². The molecule has 3 nitrogen and oxygen atoms in total. The normalized spacial score (nSPS) is 18.5. The predicted octanol–water partition coefficient (Wildman–Crippen LogP) is 3.23. The minimum Gasteiger partial charge on any atom is -0.474 e. The maximum atomic E-state index is 5.78. The first-order chi connectivity index (χ1) is 7.34. The summed E-state index contributed by atoms with van der Waals surface area (Å²) in [5, 5.41) is 0.439. The van der Waals surface area contributed by atoms with Gasteiger partial charge in [0.05, 0.1) is 0 Å². The fourth-order valence-electron chi connectivity index (χ4n) is 1.91. The van der Waals surface area contributed by atoms with Crippen molar-refractivity contribution in [2.45, 2.75) is 44.6 Å². The predicted molar refractivity (Wildman–Crippen MR) is 59.2 cm³/mol. The molecule has 1 aromatic rings. The molecule has 0 spiro atoms. The number of hydrogen-bond acceptors (Lipinski definition) is 3. The molecule has 0 amide bonds. The second-order valence-electron chi connectivity index (χ2n) is 3.91. The average Bonchev–Trinajstić information content (AvgIpc) is 2.46. The van der Waals surface area contributed by atoms with Crippen LogP contribution in [0.1, 0.15) is 38.5 Å². The van der Waals surface area contributed by atoms with Crippen LogP contribution in [-0.2, 0) is 0 Å². The Bertz CT molecular complexity index is 311. The Kier molecular flexibility index (Phi) is 3.78. The van der Waals surface area contributed by atoms with Gasteiger partial charge in [-0.05, 0) is 25.7 Å². The number of hydrogen-bond donors (Lipinski definition) is 0. The molecule has 1 heterocycles. The van der Waals surface area contributed by atoms with E-state index >= 15 is 0 Å². The summed E-state index contributed by atoms with van der Waals surface area (Å²) in [5.74, 6) is 0.599. The van der Waals surface area contributed by atoms with Crippen molar-refractivity contribution in [3.63, 3.8) is 0 Å². The highest BCUT2D eigenvalue weighted by molar-refractivity contribution is 6.29. The minimum atomic E-state index is 0.304. The van der Waals surface area contributed by atoms with Crippen LogP contribution in [0.4, 0.5) is 0 Å². The smallest absolute Gasteiger partial charge is 0.218 e. The molecule has 0 unspecified atom stereocenters. The van der Waals surface area contributed by atoms with E-state index in [2.05, 4.69) is 9.97 Å². The Labute approximate surface area is 94.8 Å². The molecule has 1 aromatic heterocycles. The summed E-state index contributed by atoms with van der Waals surface area (Å²) in [5.41, 5.74) is 0. The maximum Gasteiger partial charge on any atom is 0.218 e. The summed E-state index contributed by atoms with van der Waals surface area (Å²) in [6.07, 6.45) is 9.15. The van der Waals surface area contributed by atoms with Crippen LogP contribution in [-0.4, -0.2) is 16.1 Å². The van der Waals surface area contributed by atoms with Crippen molar-refractivity contribution in [3.05, 3.63) is 17.5 Å². The summed E-state index contributed by atoms with van der Waals surface area (Å²) in [6.45, 7) is 0. The summed E-state index contributed by atoms with van der Waals surface area (Å²) in [4.78, 5) is 7.87. The van der Waals surface area contributed by atoms with Crippen molar-refractivity contribution in [2.75, 3.05) is 0 Å². The third kappa shape index (κ3) is 3.34. The third-order valence-corrected chi connectivity index (χ3v) is 2.90. The second-order valence-corrected chi connectivity index (χ2v) is 4.30. The highest BCUT2D eigenvalue weighted by atomic mass is 35.5. The molecule has 2 rings (SSSR count). The number of halogens is 1. The van der Waals surface area contributed by atoms with E-state index in [4.69, 9.17) is 16.3 Å². The monoisotopic (exact) mass is 226 g/mol. The summed E-state index contributed by atoms with van der Waals surface area (Å²) in [6, 6.07) is 1.67. The van der Waals surface area contributed by atoms with Crippen molar-refractivity contribution in [3.8, 4) is 5.88 Å². The van der Waals surface area contributed by atoms with Gasteiger partial charge in [0.15, 0.2) is 0 Å². The molecule has 82 valence electrons. The Morgan fingerprint density at radius 2 is 1.87 bits per heavy atom. The Balaban J connectivity index is 1.95. The largest absolute Gasteiger partial charge is 0.474 e. The molecule has 0 aliphatic heterocycles. The molecule has 1 saturated carbocycles. The lowest BCUT2D eigenvalue weighted by Crippen LogP contribution is -2.15. The molecule has 0 saturated heterocycles. The summed E-state index contributed by atoms with van der Waals surface area (Å²) < 4.78 is 5.78. The summed E-state index contributed by atoms with van der Waals surface area (Å²) >= 11 is 5.76. The fraction of sp³-hybridized carbons (Fsp3) is 0.636. The molecule has 0 N–H and O–H groups in total. The molecule has 4 heteroatoms. The van der Waals surface area contributed by atoms with E-state index in [1.165, 1.54) is 32.0 Å². The molecule has 0 radical (unpaired) electrons. The van der Waals surface area contributed by atoms with Crippen LogP contribution in [0.2, 0.25) is 5.15 Å². The maximum absolute atomic E-state index is 5.78. The lowest BCUT2D eigenvalue weighted by molar-refractivity contribution is 0.176. The van der Waals surface area contributed by atoms with Crippen molar-refractivity contribution >= 4 is 11.6 Å². The number of nitrogens with zero attached hydrogens (tertiary/aromatic N) is 2. The quantitative estimate of drug-likeness (QED) is 0.574. The van der Waals surface area contributed by atoms with Crippen LogP contribution in [0.5, 0.6) is 5.88 Å². The molecular formula is C11H15ClN2O. The topological polar surface area (TPSA) is 35.0 Å². The van der Waals surface area contributed by atoms with Crippen LogP contribution in [0.3, 0.4) is 0 Å². The zero-order valence-corrected chi connectivity index (χ0v) is 9.41. The zero-order valence-electron chi connectivity index (χ0n) is 8.66. The van der Waals surface area contributed by atoms with Gasteiger partial charge in [-0.3, -0.25) is 0 Å². The van der Waals surface area contributed by atoms with Gasteiger partial charge in [-0.25, -0.2) is 9.97 Å². The van der Waals surface area contributed by atoms with Gasteiger partial charge < -0.3 is 4.74 Å². The molecule has 0 atom stereocenters. The van der Waals surface area contributed by atoms with E-state index in [-0.39, 0.29) is 0 Å². The van der Waals surface area contributed by atoms with E-state index in [1.807, 2.05) is 0 Å². The van der Waals surface area contributed by atoms with Gasteiger partial charge in [-0.1, -0.05) is 24.4 Å². The number of ether oxygens (including phenoxy) is 1. The van der Waals surface area contributed by atoms with E-state index < -0.39 is 0 Å². The third-order valence-electron chi connectivity index (χ3n) is 2.70. The van der Waals surface area contributed by atoms with E-state index in [1.54, 1.807) is 6.07 Å². The molecule has 1 fully saturated rings. The fourth-order valence-corrected chi connectivity index (χ4v) is 2.05. The molecule has 0 bridgehead atoms. The number of rotatable bonds is 2. The van der Waals surface area contributed by atoms with Crippen molar-refractivity contribution < 1.29 is 4.74 Å². The SMILES string of the molecule is Clc1cc(OC2CCCCCC2)ncn1. The molecule has 15 heavy (non-hydrogen) atoms. The van der Waals surface area contributed by atoms with Gasteiger partial charge in [0.2, 0.25) is 5.88 Å². The van der Waals surface area contributed by atoms with Crippen LogP contribution in [0.25, 0.3) is 0 Å². The van der Waals surface area contributed by atoms with Gasteiger partial charge in [0.1, 0.15) is 17.6 Å². The van der Waals surface area contributed by atoms with E-state index in [9.17, 15) is 0 Å². The first-order valence-electron chi connectivity index (χ1n) is 5.49. The Morgan fingerprint density at radius 3 is 2.53 bits per heavy atom. The first kappa shape index (κ1) is 10.7. The van der Waals surface area contributed by atoms with Crippen molar-refractivity contribution in [1.82, 2.24) is 9.97 Å². The van der Waals surface area contributed by atoms with Gasteiger partial charge in [0, 0.05) is 6.07 Å². The second kappa shape index (κ2) is 5.31. The molecule has 1 aliphatic rings. The minimum absolute atomic E-state index is 0.304. The van der Waals surface area contributed by atoms with Crippen LogP contribution in [0.15, 0.2) is 12.4 Å². The Hall–Kier alpha value is -0.830.